The number of hydrogen-bond acceptors (Lipinski definition) is 5. The zero-order valence-electron chi connectivity index (χ0n) is 30.3. The van der Waals surface area contributed by atoms with E-state index in [1.807, 2.05) is 42.5 Å². The number of ether oxygens (including phenoxy) is 1. The molecular formula is C51H34N4O. The van der Waals surface area contributed by atoms with Crippen molar-refractivity contribution in [1.29, 1.82) is 5.26 Å². The van der Waals surface area contributed by atoms with E-state index in [9.17, 15) is 5.26 Å². The number of nitrogens with one attached hydrogen (secondary N) is 2. The van der Waals surface area contributed by atoms with Crippen molar-refractivity contribution in [2.75, 3.05) is 0 Å². The van der Waals surface area contributed by atoms with Gasteiger partial charge in [0.15, 0.2) is 0 Å². The normalized spacial score (nSPS) is 18.7. The molecule has 5 nitrogen and oxygen atoms in total. The van der Waals surface area contributed by atoms with Gasteiger partial charge in [-0.2, -0.15) is 5.26 Å². The van der Waals surface area contributed by atoms with Gasteiger partial charge < -0.3 is 10.1 Å². The molecule has 0 saturated carbocycles. The Morgan fingerprint density at radius 2 is 1.25 bits per heavy atom. The highest BCUT2D eigenvalue weighted by Gasteiger charge is 2.51. The monoisotopic (exact) mass is 718 g/mol. The molecule has 0 fully saturated rings. The fourth-order valence-electron chi connectivity index (χ4n) is 9.11. The predicted molar refractivity (Wildman–Crippen MR) is 223 cm³/mol. The zero-order valence-corrected chi connectivity index (χ0v) is 30.3. The molecule has 8 aromatic carbocycles. The molecule has 2 aliphatic heterocycles. The van der Waals surface area contributed by atoms with Crippen LogP contribution in [0.3, 0.4) is 0 Å². The van der Waals surface area contributed by atoms with Gasteiger partial charge in [-0.25, -0.2) is 4.99 Å². The summed E-state index contributed by atoms with van der Waals surface area (Å²) in [6.45, 7) is 0. The van der Waals surface area contributed by atoms with Crippen LogP contribution in [0.15, 0.2) is 187 Å². The van der Waals surface area contributed by atoms with Crippen LogP contribution in [0.5, 0.6) is 11.5 Å². The molecule has 5 heteroatoms. The summed E-state index contributed by atoms with van der Waals surface area (Å²) in [4.78, 5) is 5.16. The number of amidine groups is 1. The number of aliphatic imine (C=N–C) groups is 1. The summed E-state index contributed by atoms with van der Waals surface area (Å²) in [6, 6.07) is 66.2. The fourth-order valence-corrected chi connectivity index (χ4v) is 9.11. The van der Waals surface area contributed by atoms with Crippen LogP contribution in [-0.4, -0.2) is 5.84 Å². The number of fused-ring (bicyclic) bond motifs is 11. The average molecular weight is 719 g/mol. The van der Waals surface area contributed by atoms with Gasteiger partial charge in [0.25, 0.3) is 0 Å². The van der Waals surface area contributed by atoms with Crippen molar-refractivity contribution < 1.29 is 4.74 Å². The summed E-state index contributed by atoms with van der Waals surface area (Å²) in [5.74, 6) is 2.44. The molecule has 1 spiro atoms. The summed E-state index contributed by atoms with van der Waals surface area (Å²) in [7, 11) is 0. The van der Waals surface area contributed by atoms with Crippen LogP contribution in [0, 0.1) is 11.3 Å². The Bertz CT molecular complexity index is 2910. The van der Waals surface area contributed by atoms with Gasteiger partial charge in [-0.1, -0.05) is 152 Å². The number of rotatable bonds is 4. The van der Waals surface area contributed by atoms with Crippen LogP contribution >= 0.6 is 0 Å². The van der Waals surface area contributed by atoms with E-state index in [2.05, 4.69) is 156 Å². The second-order valence-corrected chi connectivity index (χ2v) is 14.7. The second kappa shape index (κ2) is 12.7. The minimum Gasteiger partial charge on any atom is -0.457 e. The largest absolute Gasteiger partial charge is 0.457 e. The second-order valence-electron chi connectivity index (χ2n) is 14.7. The van der Waals surface area contributed by atoms with Crippen molar-refractivity contribution in [2.24, 2.45) is 4.99 Å². The molecule has 8 aromatic rings. The summed E-state index contributed by atoms with van der Waals surface area (Å²) < 4.78 is 6.73. The molecule has 1 aliphatic carbocycles. The molecule has 264 valence electrons. The molecule has 11 rings (SSSR count). The van der Waals surface area contributed by atoms with Crippen molar-refractivity contribution in [3.8, 4) is 39.8 Å². The lowest BCUT2D eigenvalue weighted by atomic mass is 9.65. The first-order valence-electron chi connectivity index (χ1n) is 19.0. The Morgan fingerprint density at radius 3 is 2.07 bits per heavy atom. The summed E-state index contributed by atoms with van der Waals surface area (Å²) in [6.07, 6.45) is -0.359. The first-order chi connectivity index (χ1) is 27.7. The number of nitrogens with zero attached hydrogens (tertiary/aromatic N) is 2. The molecule has 0 amide bonds. The maximum Gasteiger partial charge on any atom is 0.132 e. The molecule has 2 N–H and O–H groups in total. The highest BCUT2D eigenvalue weighted by molar-refractivity contribution is 6.04. The zero-order chi connectivity index (χ0) is 37.2. The Morgan fingerprint density at radius 1 is 0.554 bits per heavy atom. The van der Waals surface area contributed by atoms with Gasteiger partial charge in [-0.05, 0) is 85.6 Å². The van der Waals surface area contributed by atoms with Crippen LogP contribution < -0.4 is 15.4 Å². The molecule has 0 bridgehead atoms. The summed E-state index contributed by atoms with van der Waals surface area (Å²) >= 11 is 0. The molecule has 0 radical (unpaired) electrons. The van der Waals surface area contributed by atoms with E-state index >= 15 is 0 Å². The van der Waals surface area contributed by atoms with E-state index in [1.54, 1.807) is 0 Å². The van der Waals surface area contributed by atoms with Crippen LogP contribution in [0.25, 0.3) is 33.0 Å². The van der Waals surface area contributed by atoms with Gasteiger partial charge >= 0.3 is 0 Å². The number of benzene rings is 8. The predicted octanol–water partition coefficient (Wildman–Crippen LogP) is 11.2. The fraction of sp³-hybridized carbons (Fsp3) is 0.0588. The van der Waals surface area contributed by atoms with E-state index in [0.29, 0.717) is 5.56 Å². The van der Waals surface area contributed by atoms with E-state index in [-0.39, 0.29) is 12.3 Å². The molecule has 3 unspecified atom stereocenters. The van der Waals surface area contributed by atoms with Gasteiger partial charge in [0.2, 0.25) is 0 Å². The molecule has 3 atom stereocenters. The maximum absolute atomic E-state index is 10.1. The van der Waals surface area contributed by atoms with E-state index < -0.39 is 5.41 Å². The molecule has 56 heavy (non-hydrogen) atoms. The quantitative estimate of drug-likeness (QED) is 0.190. The molecule has 0 aromatic heterocycles. The van der Waals surface area contributed by atoms with Crippen molar-refractivity contribution >= 4 is 16.6 Å². The smallest absolute Gasteiger partial charge is 0.132 e. The van der Waals surface area contributed by atoms with Crippen LogP contribution in [0.2, 0.25) is 0 Å². The van der Waals surface area contributed by atoms with Gasteiger partial charge in [-0.15, -0.1) is 0 Å². The van der Waals surface area contributed by atoms with Gasteiger partial charge in [0, 0.05) is 16.7 Å². The number of nitriles is 1. The highest BCUT2D eigenvalue weighted by Crippen LogP contribution is 2.63. The van der Waals surface area contributed by atoms with Crippen molar-refractivity contribution in [2.45, 2.75) is 17.7 Å². The lowest BCUT2D eigenvalue weighted by Crippen LogP contribution is -2.44. The van der Waals surface area contributed by atoms with E-state index in [0.717, 1.165) is 56.3 Å². The van der Waals surface area contributed by atoms with Crippen molar-refractivity contribution in [1.82, 2.24) is 10.6 Å². The van der Waals surface area contributed by atoms with Crippen LogP contribution in [-0.2, 0) is 5.41 Å². The lowest BCUT2D eigenvalue weighted by Gasteiger charge is -2.39. The Balaban J connectivity index is 1.05. The first kappa shape index (κ1) is 32.2. The molecule has 3 aliphatic rings. The van der Waals surface area contributed by atoms with Crippen LogP contribution in [0.4, 0.5) is 0 Å². The average Bonchev–Trinajstić information content (AvgIpc) is 3.58. The third kappa shape index (κ3) is 4.87. The van der Waals surface area contributed by atoms with Gasteiger partial charge in [0.1, 0.15) is 29.7 Å². The third-order valence-corrected chi connectivity index (χ3v) is 11.7. The Hall–Kier alpha value is -7.26. The topological polar surface area (TPSA) is 69.4 Å². The number of hydrogen-bond donors (Lipinski definition) is 2. The molecule has 2 heterocycles. The summed E-state index contributed by atoms with van der Waals surface area (Å²) in [5, 5.41) is 19.9. The Labute approximate surface area is 325 Å². The van der Waals surface area contributed by atoms with Crippen molar-refractivity contribution in [3.05, 3.63) is 226 Å². The lowest BCUT2D eigenvalue weighted by molar-refractivity contribution is 0.409. The highest BCUT2D eigenvalue weighted by atomic mass is 16.5. The first-order valence-corrected chi connectivity index (χ1v) is 19.0. The van der Waals surface area contributed by atoms with E-state index in [1.165, 1.54) is 33.0 Å². The standard InChI is InChI=1S/C51H34N4O/c52-31-32-19-27-45-43(29-32)51(41-18-10-9-17-40(41)47-39-16-8-7-11-34(39)24-26-42(47)51)44-30-38(25-28-46(44)56-45)33-20-22-37(23-21-33)50-54-48(35-12-3-1-4-13-35)53-49(55-50)36-14-5-2-6-15-36/h1-30,48,50,54H,(H,53,55). The minimum absolute atomic E-state index is 0.107. The third-order valence-electron chi connectivity index (χ3n) is 11.7. The molecular weight excluding hydrogens is 685 g/mol. The van der Waals surface area contributed by atoms with Gasteiger partial charge in [-0.3, -0.25) is 5.32 Å². The Kier molecular flexibility index (Phi) is 7.28. The summed E-state index contributed by atoms with van der Waals surface area (Å²) in [5.41, 5.74) is 12.2. The van der Waals surface area contributed by atoms with Gasteiger partial charge in [0.05, 0.1) is 17.0 Å². The van der Waals surface area contributed by atoms with E-state index in [4.69, 9.17) is 9.73 Å². The molecule has 0 saturated heterocycles. The SMILES string of the molecule is N#Cc1ccc2c(c1)C1(c3cc(-c4ccc(C5N=C(c6ccccc6)NC(c6ccccc6)N5)cc4)ccc3O2)c2ccccc2-c2c1ccc1ccccc21. The maximum atomic E-state index is 10.1. The minimum atomic E-state index is -0.699. The van der Waals surface area contributed by atoms with Crippen LogP contribution in [0.1, 0.15) is 56.8 Å². The van der Waals surface area contributed by atoms with Crippen molar-refractivity contribution in [3.63, 3.8) is 0 Å².